The van der Waals surface area contributed by atoms with Crippen LogP contribution in [-0.4, -0.2) is 65.0 Å². The smallest absolute Gasteiger partial charge is 0.149 e. The van der Waals surface area contributed by atoms with Crippen LogP contribution in [0.1, 0.15) is 62.8 Å². The summed E-state index contributed by atoms with van der Waals surface area (Å²) >= 11 is 3.97. The van der Waals surface area contributed by atoms with Gasteiger partial charge in [-0.15, -0.1) is 0 Å². The lowest BCUT2D eigenvalue weighted by atomic mass is 10.6. The Morgan fingerprint density at radius 1 is 0.500 bits per heavy atom. The van der Waals surface area contributed by atoms with Gasteiger partial charge in [0.1, 0.15) is 29.5 Å². The summed E-state index contributed by atoms with van der Waals surface area (Å²) in [5.74, 6) is 0. The zero-order chi connectivity index (χ0) is 21.8. The molecule has 0 aromatic rings. The molecular formula is C16H42O6S4. The Bertz CT molecular complexity index is 525. The van der Waals surface area contributed by atoms with E-state index in [-0.39, 0.29) is 23.2 Å². The van der Waals surface area contributed by atoms with Crippen molar-refractivity contribution in [1.29, 1.82) is 0 Å². The van der Waals surface area contributed by atoms with Gasteiger partial charge in [0.15, 0.2) is 0 Å². The molecule has 0 aromatic carbocycles. The number of sulfone groups is 3. The van der Waals surface area contributed by atoms with Crippen molar-refractivity contribution in [2.75, 3.05) is 18.8 Å². The predicted octanol–water partition coefficient (Wildman–Crippen LogP) is 3.28. The fourth-order valence-corrected chi connectivity index (χ4v) is 0. The predicted molar refractivity (Wildman–Crippen MR) is 121 cm³/mol. The van der Waals surface area contributed by atoms with E-state index in [1.54, 1.807) is 41.5 Å². The molecule has 166 valence electrons. The fourth-order valence-electron chi connectivity index (χ4n) is 0. The molecule has 0 heterocycles. The first-order valence-electron chi connectivity index (χ1n) is 7.81. The standard InChI is InChI=1S/3C4H10O2S.C3H8S.CH4/c3*1-4(2)7(3,5)6;1-3(2)4;/h3*4H,1-3H3;3-4H,1-2H3;1H4. The van der Waals surface area contributed by atoms with Gasteiger partial charge < -0.3 is 0 Å². The second-order valence-electron chi connectivity index (χ2n) is 6.73. The molecule has 0 aliphatic heterocycles. The Morgan fingerprint density at radius 2 is 0.538 bits per heavy atom. The molecule has 0 fully saturated rings. The van der Waals surface area contributed by atoms with Crippen LogP contribution in [0.5, 0.6) is 0 Å². The van der Waals surface area contributed by atoms with Crippen LogP contribution >= 0.6 is 12.6 Å². The van der Waals surface area contributed by atoms with Crippen molar-refractivity contribution in [3.05, 3.63) is 0 Å². The molecule has 0 spiro atoms. The van der Waals surface area contributed by atoms with Crippen molar-refractivity contribution in [2.45, 2.75) is 83.8 Å². The Kier molecular flexibility index (Phi) is 23.0. The van der Waals surface area contributed by atoms with Crippen molar-refractivity contribution in [3.63, 3.8) is 0 Å². The van der Waals surface area contributed by atoms with Crippen molar-refractivity contribution < 1.29 is 25.3 Å². The Balaban J connectivity index is -0.0000000759. The molecule has 0 aliphatic rings. The highest BCUT2D eigenvalue weighted by atomic mass is 32.2. The third kappa shape index (κ3) is 39.3. The summed E-state index contributed by atoms with van der Waals surface area (Å²) in [7, 11) is -8.22. The topological polar surface area (TPSA) is 102 Å². The molecule has 0 radical (unpaired) electrons. The first-order chi connectivity index (χ1) is 10.6. The van der Waals surface area contributed by atoms with Gasteiger partial charge in [-0.05, 0) is 46.8 Å². The third-order valence-corrected chi connectivity index (χ3v) is 7.71. The fraction of sp³-hybridized carbons (Fsp3) is 1.00. The lowest BCUT2D eigenvalue weighted by molar-refractivity contribution is 0.592. The molecule has 0 N–H and O–H groups in total. The third-order valence-electron chi connectivity index (χ3n) is 2.57. The molecule has 0 aliphatic carbocycles. The van der Waals surface area contributed by atoms with Crippen molar-refractivity contribution in [3.8, 4) is 0 Å². The number of thiol groups is 1. The minimum atomic E-state index is -2.74. The Morgan fingerprint density at radius 3 is 0.538 bits per heavy atom. The van der Waals surface area contributed by atoms with Crippen LogP contribution in [0.25, 0.3) is 0 Å². The normalized spacial score (nSPS) is 11.5. The quantitative estimate of drug-likeness (QED) is 0.651. The van der Waals surface area contributed by atoms with E-state index in [0.29, 0.717) is 5.25 Å². The van der Waals surface area contributed by atoms with E-state index in [1.165, 1.54) is 18.8 Å². The molecule has 0 atom stereocenters. The van der Waals surface area contributed by atoms with Crippen LogP contribution in [0.4, 0.5) is 0 Å². The van der Waals surface area contributed by atoms with Crippen LogP contribution < -0.4 is 0 Å². The van der Waals surface area contributed by atoms with Gasteiger partial charge in [0.05, 0.1) is 15.7 Å². The lowest BCUT2D eigenvalue weighted by Gasteiger charge is -1.96. The highest BCUT2D eigenvalue weighted by Crippen LogP contribution is 1.93. The zero-order valence-corrected chi connectivity index (χ0v) is 20.8. The number of rotatable bonds is 3. The molecule has 26 heavy (non-hydrogen) atoms. The van der Waals surface area contributed by atoms with E-state index in [1.807, 2.05) is 13.8 Å². The highest BCUT2D eigenvalue weighted by molar-refractivity contribution is 7.91. The van der Waals surface area contributed by atoms with Gasteiger partial charge in [0, 0.05) is 18.8 Å². The van der Waals surface area contributed by atoms with Gasteiger partial charge in [-0.3, -0.25) is 0 Å². The molecule has 0 rings (SSSR count). The maximum absolute atomic E-state index is 10.3. The van der Waals surface area contributed by atoms with Crippen LogP contribution in [0.15, 0.2) is 0 Å². The van der Waals surface area contributed by atoms with Crippen molar-refractivity contribution in [2.24, 2.45) is 0 Å². The summed E-state index contributed by atoms with van der Waals surface area (Å²) in [6.45, 7) is 14.0. The largest absolute Gasteiger partial charge is 0.229 e. The summed E-state index contributed by atoms with van der Waals surface area (Å²) in [4.78, 5) is 0. The Hall–Kier alpha value is 0.200. The monoisotopic (exact) mass is 458 g/mol. The first kappa shape index (κ1) is 37.0. The second-order valence-corrected chi connectivity index (χ2v) is 15.6. The maximum atomic E-state index is 10.3. The SMILES string of the molecule is C.CC(C)S.CC(C)S(C)(=O)=O.CC(C)S(C)(=O)=O.CC(C)S(C)(=O)=O. The van der Waals surface area contributed by atoms with Crippen LogP contribution in [-0.2, 0) is 29.5 Å². The van der Waals surface area contributed by atoms with Crippen LogP contribution in [0, 0.1) is 0 Å². The number of hydrogen-bond acceptors (Lipinski definition) is 7. The molecule has 6 nitrogen and oxygen atoms in total. The summed E-state index contributed by atoms with van der Waals surface area (Å²) in [6.07, 6.45) is 3.70. The van der Waals surface area contributed by atoms with Crippen molar-refractivity contribution in [1.82, 2.24) is 0 Å². The van der Waals surface area contributed by atoms with Gasteiger partial charge in [0.25, 0.3) is 0 Å². The van der Waals surface area contributed by atoms with E-state index >= 15 is 0 Å². The zero-order valence-electron chi connectivity index (χ0n) is 17.4. The van der Waals surface area contributed by atoms with Crippen LogP contribution in [0.3, 0.4) is 0 Å². The van der Waals surface area contributed by atoms with Gasteiger partial charge in [-0.25, -0.2) is 25.3 Å². The molecule has 0 unspecified atom stereocenters. The molecule has 0 aromatic heterocycles. The average Bonchev–Trinajstić information content (AvgIpc) is 2.25. The summed E-state index contributed by atoms with van der Waals surface area (Å²) in [5.41, 5.74) is 0. The highest BCUT2D eigenvalue weighted by Gasteiger charge is 2.06. The average molecular weight is 459 g/mol. The van der Waals surface area contributed by atoms with Crippen molar-refractivity contribution >= 4 is 42.1 Å². The van der Waals surface area contributed by atoms with Gasteiger partial charge >= 0.3 is 0 Å². The lowest BCUT2D eigenvalue weighted by Crippen LogP contribution is -2.10. The minimum Gasteiger partial charge on any atom is -0.229 e. The Labute approximate surface area is 169 Å². The van der Waals surface area contributed by atoms with E-state index in [9.17, 15) is 25.3 Å². The van der Waals surface area contributed by atoms with E-state index in [2.05, 4.69) is 12.6 Å². The summed E-state index contributed by atoms with van der Waals surface area (Å²) in [5, 5.41) is -0.160. The minimum absolute atomic E-state index is 0. The molecule has 0 saturated heterocycles. The van der Waals surface area contributed by atoms with Gasteiger partial charge in [-0.2, -0.15) is 12.6 Å². The molecule has 0 amide bonds. The molecule has 10 heteroatoms. The molecular weight excluding hydrogens is 416 g/mol. The van der Waals surface area contributed by atoms with E-state index < -0.39 is 29.5 Å². The number of hydrogen-bond donors (Lipinski definition) is 1. The van der Waals surface area contributed by atoms with Gasteiger partial charge in [-0.1, -0.05) is 21.3 Å². The van der Waals surface area contributed by atoms with Crippen LogP contribution in [0.2, 0.25) is 0 Å². The van der Waals surface area contributed by atoms with E-state index in [0.717, 1.165) is 0 Å². The summed E-state index contributed by atoms with van der Waals surface area (Å²) in [6, 6.07) is 0. The van der Waals surface area contributed by atoms with Gasteiger partial charge in [0.2, 0.25) is 0 Å². The second kappa shape index (κ2) is 16.2. The maximum Gasteiger partial charge on any atom is 0.149 e. The molecule has 0 bridgehead atoms. The summed E-state index contributed by atoms with van der Waals surface area (Å²) < 4.78 is 62.0. The van der Waals surface area contributed by atoms with E-state index in [4.69, 9.17) is 0 Å². The molecule has 0 saturated carbocycles. The first-order valence-corrected chi connectivity index (χ1v) is 14.2.